The second-order valence-electron chi connectivity index (χ2n) is 5.41. The van der Waals surface area contributed by atoms with Crippen molar-refractivity contribution in [2.75, 3.05) is 66.0 Å². The molecule has 0 aromatic carbocycles. The molecule has 0 saturated heterocycles. The molecule has 23 heavy (non-hydrogen) atoms. The molecule has 8 heteroatoms. The molecule has 0 bridgehead atoms. The summed E-state index contributed by atoms with van der Waals surface area (Å²) < 4.78 is 5.73. The summed E-state index contributed by atoms with van der Waals surface area (Å²) in [6, 6.07) is 0. The summed E-state index contributed by atoms with van der Waals surface area (Å²) in [4.78, 5) is 11.7. The van der Waals surface area contributed by atoms with Crippen LogP contribution in [0.2, 0.25) is 0 Å². The van der Waals surface area contributed by atoms with Crippen molar-refractivity contribution in [2.45, 2.75) is 25.4 Å². The van der Waals surface area contributed by atoms with Crippen LogP contribution in [0.4, 0.5) is 0 Å². The van der Waals surface area contributed by atoms with Gasteiger partial charge in [0.1, 0.15) is 6.61 Å². The van der Waals surface area contributed by atoms with Crippen molar-refractivity contribution in [3.8, 4) is 0 Å². The lowest BCUT2D eigenvalue weighted by atomic mass is 10.2. The lowest BCUT2D eigenvalue weighted by Gasteiger charge is -2.19. The van der Waals surface area contributed by atoms with Crippen LogP contribution in [0.1, 0.15) is 19.3 Å². The molecule has 0 aromatic rings. The van der Waals surface area contributed by atoms with Crippen LogP contribution in [-0.2, 0) is 9.53 Å². The molecule has 0 aromatic heterocycles. The Labute approximate surface area is 140 Å². The molecule has 0 aliphatic rings. The van der Waals surface area contributed by atoms with E-state index < -0.39 is 0 Å². The molecule has 0 rings (SSSR count). The van der Waals surface area contributed by atoms with E-state index in [9.17, 15) is 4.79 Å². The van der Waals surface area contributed by atoms with Crippen molar-refractivity contribution < 1.29 is 9.53 Å². The summed E-state index contributed by atoms with van der Waals surface area (Å²) in [5, 5.41) is 12.4. The highest BCUT2D eigenvalue weighted by atomic mass is 16.5. The van der Waals surface area contributed by atoms with Crippen LogP contribution >= 0.6 is 0 Å². The van der Waals surface area contributed by atoms with Gasteiger partial charge in [-0.2, -0.15) is 0 Å². The predicted octanol–water partition coefficient (Wildman–Crippen LogP) is -2.03. The fourth-order valence-electron chi connectivity index (χ4n) is 1.92. The highest BCUT2D eigenvalue weighted by Gasteiger charge is 2.11. The zero-order chi connectivity index (χ0) is 17.2. The van der Waals surface area contributed by atoms with Crippen LogP contribution < -0.4 is 32.7 Å². The fourth-order valence-corrected chi connectivity index (χ4v) is 1.92. The van der Waals surface area contributed by atoms with Gasteiger partial charge in [0.25, 0.3) is 0 Å². The molecular weight excluding hydrogens is 296 g/mol. The highest BCUT2D eigenvalue weighted by Crippen LogP contribution is 1.97. The van der Waals surface area contributed by atoms with Gasteiger partial charge >= 0.3 is 0 Å². The van der Waals surface area contributed by atoms with E-state index in [-0.39, 0.29) is 18.6 Å². The summed E-state index contributed by atoms with van der Waals surface area (Å²) in [5.74, 6) is -0.0803. The number of hydrogen-bond acceptors (Lipinski definition) is 7. The van der Waals surface area contributed by atoms with E-state index in [0.29, 0.717) is 19.6 Å². The Morgan fingerprint density at radius 2 is 1.70 bits per heavy atom. The van der Waals surface area contributed by atoms with Crippen LogP contribution in [0.5, 0.6) is 0 Å². The maximum absolute atomic E-state index is 11.7. The minimum atomic E-state index is -0.0803. The number of nitrogens with one attached hydrogen (secondary N) is 4. The molecule has 8 N–H and O–H groups in total. The predicted molar refractivity (Wildman–Crippen MR) is 94.4 cm³/mol. The van der Waals surface area contributed by atoms with Crippen molar-refractivity contribution in [1.29, 1.82) is 0 Å². The zero-order valence-corrected chi connectivity index (χ0v) is 14.5. The molecule has 0 saturated carbocycles. The molecule has 0 aliphatic heterocycles. The maximum Gasteiger partial charge on any atom is 0.246 e. The largest absolute Gasteiger partial charge is 0.367 e. The third-order valence-electron chi connectivity index (χ3n) is 3.28. The number of nitrogens with two attached hydrogens (primary N) is 2. The fraction of sp³-hybridized carbons (Fsp3) is 0.933. The molecule has 1 atom stereocenters. The third-order valence-corrected chi connectivity index (χ3v) is 3.28. The molecular formula is C15H36N6O2. The van der Waals surface area contributed by atoms with Crippen LogP contribution in [0.25, 0.3) is 0 Å². The molecule has 0 heterocycles. The first-order chi connectivity index (χ1) is 11.2. The average molecular weight is 332 g/mol. The smallest absolute Gasteiger partial charge is 0.246 e. The molecule has 0 fully saturated rings. The van der Waals surface area contributed by atoms with Crippen LogP contribution in [0.3, 0.4) is 0 Å². The van der Waals surface area contributed by atoms with Crippen molar-refractivity contribution in [2.24, 2.45) is 11.5 Å². The standard InChI is InChI=1S/C15H36N6O2/c1-18-10-11-21-15(22)13-23-14(12-20-8-3-6-17)4-9-19-7-2-5-16/h14,18-20H,2-13,16-17H2,1H3,(H,21,22). The van der Waals surface area contributed by atoms with Gasteiger partial charge in [-0.3, -0.25) is 4.79 Å². The van der Waals surface area contributed by atoms with Gasteiger partial charge < -0.3 is 37.5 Å². The van der Waals surface area contributed by atoms with E-state index >= 15 is 0 Å². The van der Waals surface area contributed by atoms with Crippen molar-refractivity contribution >= 4 is 5.91 Å². The number of ether oxygens (including phenoxy) is 1. The lowest BCUT2D eigenvalue weighted by molar-refractivity contribution is -0.127. The normalized spacial score (nSPS) is 12.3. The molecule has 1 unspecified atom stereocenters. The Balaban J connectivity index is 3.91. The second kappa shape index (κ2) is 17.6. The van der Waals surface area contributed by atoms with Gasteiger partial charge in [0, 0.05) is 19.6 Å². The monoisotopic (exact) mass is 332 g/mol. The lowest BCUT2D eigenvalue weighted by Crippen LogP contribution is -2.38. The van der Waals surface area contributed by atoms with Crippen LogP contribution in [0.15, 0.2) is 0 Å². The zero-order valence-electron chi connectivity index (χ0n) is 14.5. The molecule has 0 radical (unpaired) electrons. The van der Waals surface area contributed by atoms with Gasteiger partial charge in [-0.15, -0.1) is 0 Å². The van der Waals surface area contributed by atoms with Gasteiger partial charge in [0.15, 0.2) is 0 Å². The molecule has 0 aliphatic carbocycles. The van der Waals surface area contributed by atoms with Gasteiger partial charge in [-0.05, 0) is 59.0 Å². The summed E-state index contributed by atoms with van der Waals surface area (Å²) in [6.45, 7) is 6.18. The van der Waals surface area contributed by atoms with Crippen molar-refractivity contribution in [3.63, 3.8) is 0 Å². The van der Waals surface area contributed by atoms with Gasteiger partial charge in [-0.25, -0.2) is 0 Å². The van der Waals surface area contributed by atoms with Crippen LogP contribution in [0, 0.1) is 0 Å². The van der Waals surface area contributed by atoms with E-state index in [2.05, 4.69) is 21.3 Å². The number of rotatable bonds is 17. The minimum absolute atomic E-state index is 0.00759. The Bertz CT molecular complexity index is 268. The Morgan fingerprint density at radius 1 is 1.00 bits per heavy atom. The van der Waals surface area contributed by atoms with Crippen LogP contribution in [-0.4, -0.2) is 78.0 Å². The minimum Gasteiger partial charge on any atom is -0.367 e. The summed E-state index contributed by atoms with van der Waals surface area (Å²) >= 11 is 0. The Hall–Kier alpha value is -0.770. The Kier molecular flexibility index (Phi) is 17.0. The Morgan fingerprint density at radius 3 is 2.35 bits per heavy atom. The average Bonchev–Trinajstić information content (AvgIpc) is 2.55. The van der Waals surface area contributed by atoms with Gasteiger partial charge in [0.05, 0.1) is 6.10 Å². The molecule has 1 amide bonds. The quantitative estimate of drug-likeness (QED) is 0.170. The van der Waals surface area contributed by atoms with E-state index in [1.807, 2.05) is 7.05 Å². The van der Waals surface area contributed by atoms with Gasteiger partial charge in [-0.1, -0.05) is 0 Å². The van der Waals surface area contributed by atoms with E-state index in [1.54, 1.807) is 0 Å². The van der Waals surface area contributed by atoms with Crippen molar-refractivity contribution in [3.05, 3.63) is 0 Å². The summed E-state index contributed by atoms with van der Waals surface area (Å²) in [5.41, 5.74) is 10.9. The first kappa shape index (κ1) is 22.2. The molecule has 8 nitrogen and oxygen atoms in total. The number of carbonyl (C=O) groups excluding carboxylic acids is 1. The molecule has 138 valence electrons. The summed E-state index contributed by atoms with van der Waals surface area (Å²) in [6.07, 6.45) is 2.76. The highest BCUT2D eigenvalue weighted by molar-refractivity contribution is 5.77. The first-order valence-corrected chi connectivity index (χ1v) is 8.59. The SMILES string of the molecule is CNCCNC(=O)COC(CCNCCCN)CNCCCN. The van der Waals surface area contributed by atoms with E-state index in [4.69, 9.17) is 16.2 Å². The third kappa shape index (κ3) is 15.9. The molecule has 0 spiro atoms. The first-order valence-electron chi connectivity index (χ1n) is 8.59. The second-order valence-corrected chi connectivity index (χ2v) is 5.41. The number of likely N-dealkylation sites (N-methyl/N-ethyl adjacent to an activating group) is 1. The van der Waals surface area contributed by atoms with Crippen molar-refractivity contribution in [1.82, 2.24) is 21.3 Å². The van der Waals surface area contributed by atoms with E-state index in [0.717, 1.165) is 52.0 Å². The van der Waals surface area contributed by atoms with Gasteiger partial charge in [0.2, 0.25) is 5.91 Å². The number of hydrogen-bond donors (Lipinski definition) is 6. The number of amides is 1. The summed E-state index contributed by atoms with van der Waals surface area (Å²) in [7, 11) is 1.85. The topological polar surface area (TPSA) is 126 Å². The number of carbonyl (C=O) groups is 1. The maximum atomic E-state index is 11.7. The van der Waals surface area contributed by atoms with E-state index in [1.165, 1.54) is 0 Å².